The molecule has 0 radical (unpaired) electrons. The normalized spacial score (nSPS) is 31.0. The van der Waals surface area contributed by atoms with Gasteiger partial charge >= 0.3 is 0 Å². The molecule has 5 N–H and O–H groups in total. The number of hydrogen-bond donors (Lipinski definition) is 5. The molecule has 2 aromatic carbocycles. The molecule has 0 saturated carbocycles. The van der Waals surface area contributed by atoms with E-state index >= 15 is 0 Å². The molecule has 32 heavy (non-hydrogen) atoms. The van der Waals surface area contributed by atoms with Crippen molar-refractivity contribution in [3.63, 3.8) is 0 Å². The summed E-state index contributed by atoms with van der Waals surface area (Å²) in [5.41, 5.74) is -2.65. The zero-order valence-electron chi connectivity index (χ0n) is 18.1. The van der Waals surface area contributed by atoms with Crippen LogP contribution in [0.1, 0.15) is 24.5 Å². The minimum Gasteiger partial charge on any atom is -0.390 e. The van der Waals surface area contributed by atoms with E-state index < -0.39 is 41.6 Å². The molecular weight excluding hydrogens is 410 g/mol. The van der Waals surface area contributed by atoms with Crippen LogP contribution in [0.4, 0.5) is 0 Å². The highest BCUT2D eigenvalue weighted by Gasteiger charge is 2.65. The number of aliphatic hydroxyl groups excluding tert-OH is 2. The number of aliphatic hydroxyl groups is 4. The Hall–Kier alpha value is -2.55. The number of carbonyl (C=O) groups excluding carboxylic acids is 1. The summed E-state index contributed by atoms with van der Waals surface area (Å²) in [5, 5.41) is 48.2. The van der Waals surface area contributed by atoms with Crippen molar-refractivity contribution in [1.82, 2.24) is 5.32 Å². The van der Waals surface area contributed by atoms with Crippen molar-refractivity contribution in [2.45, 2.75) is 61.9 Å². The highest BCUT2D eigenvalue weighted by Crippen LogP contribution is 2.44. The number of carbonyl (C=O) groups is 1. The molecule has 1 heterocycles. The zero-order valence-corrected chi connectivity index (χ0v) is 18.1. The van der Waals surface area contributed by atoms with Gasteiger partial charge in [-0.05, 0) is 17.5 Å². The SMILES string of the molecule is C=CC[C@@]1(O)[C@H](NC(C)=O)[C@@H](O)O[C@H](C(O)Cc2ccccc2)[C@]1(O)Cc1ccccc1. The lowest BCUT2D eigenvalue weighted by Gasteiger charge is -2.57. The Morgan fingerprint density at radius 3 is 2.19 bits per heavy atom. The molecule has 1 amide bonds. The van der Waals surface area contributed by atoms with Gasteiger partial charge in [-0.2, -0.15) is 0 Å². The fourth-order valence-corrected chi connectivity index (χ4v) is 4.56. The van der Waals surface area contributed by atoms with E-state index in [1.54, 1.807) is 24.3 Å². The predicted molar refractivity (Wildman–Crippen MR) is 119 cm³/mol. The quantitative estimate of drug-likeness (QED) is 0.392. The predicted octanol–water partition coefficient (Wildman–Crippen LogP) is 1.09. The summed E-state index contributed by atoms with van der Waals surface area (Å²) in [7, 11) is 0. The summed E-state index contributed by atoms with van der Waals surface area (Å²) in [5.74, 6) is -0.509. The molecule has 0 aliphatic carbocycles. The third-order valence-corrected chi connectivity index (χ3v) is 6.07. The number of nitrogens with one attached hydrogen (secondary N) is 1. The molecule has 1 fully saturated rings. The molecule has 1 unspecified atom stereocenters. The molecule has 0 aromatic heterocycles. The molecule has 1 saturated heterocycles. The lowest BCUT2D eigenvalue weighted by molar-refractivity contribution is -0.337. The summed E-state index contributed by atoms with van der Waals surface area (Å²) < 4.78 is 5.71. The van der Waals surface area contributed by atoms with E-state index in [1.165, 1.54) is 13.0 Å². The van der Waals surface area contributed by atoms with Gasteiger partial charge in [-0.3, -0.25) is 4.79 Å². The van der Waals surface area contributed by atoms with Gasteiger partial charge in [-0.25, -0.2) is 0 Å². The van der Waals surface area contributed by atoms with Crippen molar-refractivity contribution < 1.29 is 30.0 Å². The third kappa shape index (κ3) is 4.77. The Morgan fingerprint density at radius 1 is 1.09 bits per heavy atom. The Balaban J connectivity index is 2.07. The van der Waals surface area contributed by atoms with Gasteiger partial charge in [0.2, 0.25) is 5.91 Å². The van der Waals surface area contributed by atoms with Gasteiger partial charge in [0, 0.05) is 19.8 Å². The van der Waals surface area contributed by atoms with Gasteiger partial charge in [-0.1, -0.05) is 66.7 Å². The molecule has 3 rings (SSSR count). The van der Waals surface area contributed by atoms with Crippen LogP contribution in [0.3, 0.4) is 0 Å². The molecule has 1 aliphatic rings. The van der Waals surface area contributed by atoms with E-state index in [2.05, 4.69) is 11.9 Å². The number of rotatable bonds is 8. The van der Waals surface area contributed by atoms with Crippen LogP contribution in [-0.2, 0) is 22.4 Å². The van der Waals surface area contributed by atoms with Crippen LogP contribution in [0.15, 0.2) is 73.3 Å². The summed E-state index contributed by atoms with van der Waals surface area (Å²) >= 11 is 0. The molecule has 0 bridgehead atoms. The van der Waals surface area contributed by atoms with Crippen LogP contribution in [0.25, 0.3) is 0 Å². The first-order valence-electron chi connectivity index (χ1n) is 10.6. The fourth-order valence-electron chi connectivity index (χ4n) is 4.56. The zero-order chi connectivity index (χ0) is 23.4. The molecule has 0 spiro atoms. The minimum absolute atomic E-state index is 0.0858. The largest absolute Gasteiger partial charge is 0.390 e. The molecule has 2 aromatic rings. The van der Waals surface area contributed by atoms with Crippen LogP contribution in [0, 0.1) is 0 Å². The standard InChI is InChI=1S/C25H31NO6/c1-3-14-24(30)21(26-17(2)27)23(29)32-22(20(28)15-18-10-6-4-7-11-18)25(24,31)16-19-12-8-5-9-13-19/h3-13,20-23,28-31H,1,14-16H2,2H3,(H,26,27)/t20?,21-,22-,23+,24-,25-/m1/s1. The van der Waals surface area contributed by atoms with Gasteiger partial charge in [0.25, 0.3) is 0 Å². The average Bonchev–Trinajstić information content (AvgIpc) is 2.76. The first-order valence-corrected chi connectivity index (χ1v) is 10.6. The number of amides is 1. The maximum atomic E-state index is 12.0. The lowest BCUT2D eigenvalue weighted by Crippen LogP contribution is -2.79. The van der Waals surface area contributed by atoms with E-state index in [9.17, 15) is 25.2 Å². The van der Waals surface area contributed by atoms with E-state index in [-0.39, 0.29) is 19.3 Å². The van der Waals surface area contributed by atoms with Crippen molar-refractivity contribution in [3.05, 3.63) is 84.4 Å². The average molecular weight is 442 g/mol. The molecule has 1 aliphatic heterocycles. The molecule has 7 nitrogen and oxygen atoms in total. The Kier molecular flexibility index (Phi) is 7.48. The monoisotopic (exact) mass is 441 g/mol. The van der Waals surface area contributed by atoms with Crippen molar-refractivity contribution in [1.29, 1.82) is 0 Å². The molecular formula is C25H31NO6. The van der Waals surface area contributed by atoms with Gasteiger partial charge in [-0.15, -0.1) is 6.58 Å². The van der Waals surface area contributed by atoms with Crippen LogP contribution in [0.2, 0.25) is 0 Å². The van der Waals surface area contributed by atoms with E-state index in [0.29, 0.717) is 5.56 Å². The minimum atomic E-state index is -2.07. The number of benzene rings is 2. The summed E-state index contributed by atoms with van der Waals surface area (Å²) in [6.45, 7) is 4.92. The molecule has 7 heteroatoms. The second-order valence-corrected chi connectivity index (χ2v) is 8.39. The van der Waals surface area contributed by atoms with Crippen LogP contribution >= 0.6 is 0 Å². The van der Waals surface area contributed by atoms with Crippen LogP contribution in [0.5, 0.6) is 0 Å². The first kappa shape index (κ1) is 24.1. The highest BCUT2D eigenvalue weighted by atomic mass is 16.6. The number of hydrogen-bond acceptors (Lipinski definition) is 6. The van der Waals surface area contributed by atoms with Crippen molar-refractivity contribution in [2.24, 2.45) is 0 Å². The first-order chi connectivity index (χ1) is 15.2. The van der Waals surface area contributed by atoms with E-state index in [1.807, 2.05) is 36.4 Å². The topological polar surface area (TPSA) is 119 Å². The van der Waals surface area contributed by atoms with Crippen LogP contribution < -0.4 is 5.32 Å². The van der Waals surface area contributed by atoms with Crippen molar-refractivity contribution in [3.8, 4) is 0 Å². The second-order valence-electron chi connectivity index (χ2n) is 8.39. The van der Waals surface area contributed by atoms with Gasteiger partial charge in [0.05, 0.1) is 6.10 Å². The number of ether oxygens (including phenoxy) is 1. The maximum Gasteiger partial charge on any atom is 0.217 e. The summed E-state index contributed by atoms with van der Waals surface area (Å²) in [6.07, 6.45) is -2.97. The Morgan fingerprint density at radius 2 is 1.66 bits per heavy atom. The fraction of sp³-hybridized carbons (Fsp3) is 0.400. The van der Waals surface area contributed by atoms with Crippen LogP contribution in [-0.4, -0.2) is 62.1 Å². The maximum absolute atomic E-state index is 12.0. The Labute approximate surface area is 188 Å². The molecule has 172 valence electrons. The molecule has 6 atom stereocenters. The summed E-state index contributed by atoms with van der Waals surface area (Å²) in [4.78, 5) is 11.8. The smallest absolute Gasteiger partial charge is 0.217 e. The van der Waals surface area contributed by atoms with Gasteiger partial charge in [0.15, 0.2) is 6.29 Å². The lowest BCUT2D eigenvalue weighted by atomic mass is 9.65. The third-order valence-electron chi connectivity index (χ3n) is 6.07. The van der Waals surface area contributed by atoms with Gasteiger partial charge in [0.1, 0.15) is 23.3 Å². The second kappa shape index (κ2) is 9.94. The Bertz CT molecular complexity index is 907. The van der Waals surface area contributed by atoms with E-state index in [0.717, 1.165) is 5.56 Å². The van der Waals surface area contributed by atoms with E-state index in [4.69, 9.17) is 4.74 Å². The highest BCUT2D eigenvalue weighted by molar-refractivity contribution is 5.73. The van der Waals surface area contributed by atoms with Crippen molar-refractivity contribution >= 4 is 5.91 Å². The van der Waals surface area contributed by atoms with Crippen molar-refractivity contribution in [2.75, 3.05) is 0 Å². The van der Waals surface area contributed by atoms with Gasteiger partial charge < -0.3 is 30.5 Å². The summed E-state index contributed by atoms with van der Waals surface area (Å²) in [6, 6.07) is 16.8.